The monoisotopic (exact) mass is 367 g/mol. The summed E-state index contributed by atoms with van der Waals surface area (Å²) in [5, 5.41) is 11.7. The van der Waals surface area contributed by atoms with Gasteiger partial charge in [0.1, 0.15) is 17.2 Å². The van der Waals surface area contributed by atoms with Crippen molar-refractivity contribution < 1.29 is 9.66 Å². The van der Waals surface area contributed by atoms with Crippen molar-refractivity contribution >= 4 is 11.4 Å². The summed E-state index contributed by atoms with van der Waals surface area (Å²) in [5.74, 6) is 2.02. The molecule has 2 aliphatic rings. The summed E-state index contributed by atoms with van der Waals surface area (Å²) < 4.78 is 6.02. The minimum atomic E-state index is -0.279. The molecule has 0 N–H and O–H groups in total. The highest BCUT2D eigenvalue weighted by Gasteiger charge is 2.38. The zero-order valence-electron chi connectivity index (χ0n) is 15.8. The molecular formula is C21H25N3O3. The fraction of sp³-hybridized carbons (Fsp3) is 0.429. The fourth-order valence-corrected chi connectivity index (χ4v) is 4.37. The minimum Gasteiger partial charge on any atom is -0.457 e. The van der Waals surface area contributed by atoms with E-state index in [1.807, 2.05) is 37.3 Å². The van der Waals surface area contributed by atoms with Crippen molar-refractivity contribution in [2.75, 3.05) is 31.1 Å². The van der Waals surface area contributed by atoms with Gasteiger partial charge in [-0.2, -0.15) is 0 Å². The molecule has 0 amide bonds. The number of nitrogens with zero attached hydrogens (tertiary/aromatic N) is 3. The van der Waals surface area contributed by atoms with Crippen molar-refractivity contribution in [2.45, 2.75) is 26.3 Å². The summed E-state index contributed by atoms with van der Waals surface area (Å²) in [5.41, 5.74) is 1.69. The topological polar surface area (TPSA) is 58.9 Å². The number of nitro benzene ring substituents is 1. The van der Waals surface area contributed by atoms with E-state index in [0.717, 1.165) is 37.5 Å². The molecule has 0 saturated carbocycles. The molecule has 0 aliphatic carbocycles. The number of para-hydroxylation sites is 1. The zero-order valence-corrected chi connectivity index (χ0v) is 15.8. The van der Waals surface area contributed by atoms with Gasteiger partial charge in [-0.3, -0.25) is 15.0 Å². The maximum Gasteiger partial charge on any atom is 0.293 e. The quantitative estimate of drug-likeness (QED) is 0.598. The van der Waals surface area contributed by atoms with Crippen LogP contribution in [0.1, 0.15) is 18.9 Å². The number of hydrogen-bond donors (Lipinski definition) is 0. The van der Waals surface area contributed by atoms with Crippen LogP contribution in [-0.2, 0) is 0 Å². The van der Waals surface area contributed by atoms with Gasteiger partial charge < -0.3 is 9.64 Å². The van der Waals surface area contributed by atoms with E-state index in [-0.39, 0.29) is 10.6 Å². The average Bonchev–Trinajstić information content (AvgIpc) is 3.04. The molecule has 6 heteroatoms. The van der Waals surface area contributed by atoms with Crippen LogP contribution in [0, 0.1) is 23.0 Å². The van der Waals surface area contributed by atoms with Crippen molar-refractivity contribution in [3.8, 4) is 11.5 Å². The molecule has 0 radical (unpaired) electrons. The molecule has 2 heterocycles. The molecule has 142 valence electrons. The zero-order chi connectivity index (χ0) is 19.0. The normalized spacial score (nSPS) is 22.5. The molecule has 0 unspecified atom stereocenters. The van der Waals surface area contributed by atoms with Gasteiger partial charge in [0.2, 0.25) is 0 Å². The van der Waals surface area contributed by atoms with Gasteiger partial charge in [-0.05, 0) is 44.0 Å². The van der Waals surface area contributed by atoms with E-state index < -0.39 is 0 Å². The molecule has 2 aromatic carbocycles. The Morgan fingerprint density at radius 1 is 1.11 bits per heavy atom. The maximum absolute atomic E-state index is 11.7. The Morgan fingerprint density at radius 3 is 2.63 bits per heavy atom. The number of benzene rings is 2. The summed E-state index contributed by atoms with van der Waals surface area (Å²) in [7, 11) is 0. The van der Waals surface area contributed by atoms with Crippen LogP contribution in [-0.4, -0.2) is 42.0 Å². The summed E-state index contributed by atoms with van der Waals surface area (Å²) >= 11 is 0. The van der Waals surface area contributed by atoms with Gasteiger partial charge in [0.25, 0.3) is 5.69 Å². The van der Waals surface area contributed by atoms with Crippen LogP contribution in [0.25, 0.3) is 0 Å². The number of fused-ring (bicyclic) bond motifs is 1. The van der Waals surface area contributed by atoms with Gasteiger partial charge in [-0.1, -0.05) is 25.1 Å². The second-order valence-electron chi connectivity index (χ2n) is 7.54. The van der Waals surface area contributed by atoms with Crippen molar-refractivity contribution in [3.05, 3.63) is 58.1 Å². The van der Waals surface area contributed by atoms with E-state index in [9.17, 15) is 10.1 Å². The van der Waals surface area contributed by atoms with Gasteiger partial charge in [0, 0.05) is 37.3 Å². The molecule has 0 spiro atoms. The average molecular weight is 367 g/mol. The van der Waals surface area contributed by atoms with E-state index in [1.54, 1.807) is 12.1 Å². The van der Waals surface area contributed by atoms with Crippen molar-refractivity contribution in [1.29, 1.82) is 0 Å². The molecule has 6 nitrogen and oxygen atoms in total. The lowest BCUT2D eigenvalue weighted by Crippen LogP contribution is -2.52. The van der Waals surface area contributed by atoms with Gasteiger partial charge >= 0.3 is 0 Å². The molecule has 0 aromatic heterocycles. The highest BCUT2D eigenvalue weighted by molar-refractivity contribution is 5.72. The molecular weight excluding hydrogens is 342 g/mol. The Kier molecular flexibility index (Phi) is 4.74. The first-order valence-corrected chi connectivity index (χ1v) is 9.54. The number of ether oxygens (including phenoxy) is 1. The van der Waals surface area contributed by atoms with Crippen LogP contribution in [0.3, 0.4) is 0 Å². The third-order valence-electron chi connectivity index (χ3n) is 5.91. The molecule has 2 atom stereocenters. The molecule has 2 saturated heterocycles. The van der Waals surface area contributed by atoms with Gasteiger partial charge in [0.05, 0.1) is 4.92 Å². The van der Waals surface area contributed by atoms with Crippen molar-refractivity contribution in [3.63, 3.8) is 0 Å². The molecule has 27 heavy (non-hydrogen) atoms. The Morgan fingerprint density at radius 2 is 1.89 bits per heavy atom. The van der Waals surface area contributed by atoms with Gasteiger partial charge in [-0.15, -0.1) is 0 Å². The number of hydrogen-bond acceptors (Lipinski definition) is 5. The van der Waals surface area contributed by atoms with Crippen molar-refractivity contribution in [1.82, 2.24) is 4.90 Å². The summed E-state index contributed by atoms with van der Waals surface area (Å²) in [6.07, 6.45) is 1.21. The first-order chi connectivity index (χ1) is 13.0. The third kappa shape index (κ3) is 3.37. The molecule has 2 fully saturated rings. The lowest BCUT2D eigenvalue weighted by Gasteiger charge is -2.40. The first-order valence-electron chi connectivity index (χ1n) is 9.54. The second-order valence-corrected chi connectivity index (χ2v) is 7.54. The summed E-state index contributed by atoms with van der Waals surface area (Å²) in [6, 6.07) is 13.3. The number of anilines is 1. The second kappa shape index (κ2) is 7.19. The molecule has 0 bridgehead atoms. The van der Waals surface area contributed by atoms with Crippen LogP contribution in [0.5, 0.6) is 11.5 Å². The Bertz CT molecular complexity index is 840. The van der Waals surface area contributed by atoms with Crippen LogP contribution in [0.15, 0.2) is 42.5 Å². The first kappa shape index (κ1) is 17.8. The molecule has 2 aromatic rings. The Hall–Kier alpha value is -2.60. The van der Waals surface area contributed by atoms with Crippen LogP contribution in [0.2, 0.25) is 0 Å². The lowest BCUT2D eigenvalue weighted by atomic mass is 10.00. The Balaban J connectivity index is 1.69. The summed E-state index contributed by atoms with van der Waals surface area (Å²) in [4.78, 5) is 16.1. The minimum absolute atomic E-state index is 0.159. The number of rotatable bonds is 4. The van der Waals surface area contributed by atoms with E-state index >= 15 is 0 Å². The highest BCUT2D eigenvalue weighted by atomic mass is 16.6. The largest absolute Gasteiger partial charge is 0.457 e. The predicted molar refractivity (Wildman–Crippen MR) is 106 cm³/mol. The summed E-state index contributed by atoms with van der Waals surface area (Å²) in [6.45, 7) is 7.93. The molecule has 2 aliphatic heterocycles. The fourth-order valence-electron chi connectivity index (χ4n) is 4.37. The predicted octanol–water partition coefficient (Wildman–Crippen LogP) is 4.23. The van der Waals surface area contributed by atoms with E-state index in [0.29, 0.717) is 23.4 Å². The van der Waals surface area contributed by atoms with Crippen LogP contribution >= 0.6 is 0 Å². The lowest BCUT2D eigenvalue weighted by molar-refractivity contribution is -0.384. The third-order valence-corrected chi connectivity index (χ3v) is 5.91. The van der Waals surface area contributed by atoms with E-state index in [4.69, 9.17) is 4.74 Å². The van der Waals surface area contributed by atoms with Gasteiger partial charge in [0.15, 0.2) is 0 Å². The standard InChI is InChI=1S/C21H25N3O3/c1-15-10-11-22-12-13-23(14-19(15)22)21-16(2)20(9-8-18(21)24(25)26)27-17-6-4-3-5-7-17/h3-9,15,19H,10-14H2,1-2H3/t15-,19-/m0/s1. The van der Waals surface area contributed by atoms with Gasteiger partial charge in [-0.25, -0.2) is 0 Å². The van der Waals surface area contributed by atoms with Crippen molar-refractivity contribution in [2.24, 2.45) is 5.92 Å². The number of piperazine rings is 1. The SMILES string of the molecule is Cc1c(Oc2ccccc2)ccc([N+](=O)[O-])c1N1CCN2CC[C@H](C)[C@@H]2C1. The molecule has 4 rings (SSSR count). The van der Waals surface area contributed by atoms with E-state index in [1.165, 1.54) is 6.42 Å². The van der Waals surface area contributed by atoms with Crippen LogP contribution in [0.4, 0.5) is 11.4 Å². The maximum atomic E-state index is 11.7. The highest BCUT2D eigenvalue weighted by Crippen LogP contribution is 2.41. The Labute approximate surface area is 159 Å². The van der Waals surface area contributed by atoms with Crippen LogP contribution < -0.4 is 9.64 Å². The van der Waals surface area contributed by atoms with E-state index in [2.05, 4.69) is 16.7 Å². The smallest absolute Gasteiger partial charge is 0.293 e. The number of nitro groups is 1.